The number of aliphatic carboxylic acids is 1. The number of carbonyl (C=O) groups is 2. The van der Waals surface area contributed by atoms with E-state index in [0.29, 0.717) is 32.4 Å². The van der Waals surface area contributed by atoms with Crippen molar-refractivity contribution in [3.05, 3.63) is 35.4 Å². The van der Waals surface area contributed by atoms with Crippen LogP contribution in [0.4, 0.5) is 4.79 Å². The topological polar surface area (TPSA) is 66.8 Å². The van der Waals surface area contributed by atoms with E-state index in [9.17, 15) is 14.7 Å². The standard InChI is InChI=1S/C19H27NO4/c1-14-6-5-7-15(12-14)13-19(16(21)22)8-10-20(11-9-19)17(23)24-18(2,3)4/h5-7,12H,8-11,13H2,1-4H3,(H,21,22). The van der Waals surface area contributed by atoms with Gasteiger partial charge < -0.3 is 14.7 Å². The minimum atomic E-state index is -0.813. The van der Waals surface area contributed by atoms with Gasteiger partial charge in [0.1, 0.15) is 5.60 Å². The summed E-state index contributed by atoms with van der Waals surface area (Å²) in [6.07, 6.45) is 1.01. The lowest BCUT2D eigenvalue weighted by Crippen LogP contribution is -2.48. The van der Waals surface area contributed by atoms with Crippen LogP contribution in [-0.4, -0.2) is 40.8 Å². The SMILES string of the molecule is Cc1cccc(CC2(C(=O)O)CCN(C(=O)OC(C)(C)C)CC2)c1. The van der Waals surface area contributed by atoms with Gasteiger partial charge in [0.15, 0.2) is 0 Å². The van der Waals surface area contributed by atoms with Crippen molar-refractivity contribution in [1.29, 1.82) is 0 Å². The largest absolute Gasteiger partial charge is 0.481 e. The van der Waals surface area contributed by atoms with Crippen molar-refractivity contribution in [3.8, 4) is 0 Å². The average Bonchev–Trinajstić information content (AvgIpc) is 2.46. The van der Waals surface area contributed by atoms with Gasteiger partial charge in [-0.05, 0) is 52.5 Å². The Bertz CT molecular complexity index is 610. The Kier molecular flexibility index (Phi) is 5.21. The predicted octanol–water partition coefficient (Wildman–Crippen LogP) is 3.64. The minimum absolute atomic E-state index is 0.364. The molecule has 1 aliphatic heterocycles. The van der Waals surface area contributed by atoms with E-state index in [0.717, 1.165) is 11.1 Å². The molecule has 0 unspecified atom stereocenters. The molecular weight excluding hydrogens is 306 g/mol. The maximum Gasteiger partial charge on any atom is 0.410 e. The summed E-state index contributed by atoms with van der Waals surface area (Å²) < 4.78 is 5.38. The van der Waals surface area contributed by atoms with E-state index in [4.69, 9.17) is 4.74 Å². The molecule has 0 atom stereocenters. The first-order valence-electron chi connectivity index (χ1n) is 8.38. The maximum absolute atomic E-state index is 12.2. The van der Waals surface area contributed by atoms with E-state index >= 15 is 0 Å². The van der Waals surface area contributed by atoms with Crippen molar-refractivity contribution in [3.63, 3.8) is 0 Å². The smallest absolute Gasteiger partial charge is 0.410 e. The molecule has 0 spiro atoms. The summed E-state index contributed by atoms with van der Waals surface area (Å²) in [6.45, 7) is 8.30. The summed E-state index contributed by atoms with van der Waals surface area (Å²) in [7, 11) is 0. The number of hydrogen-bond donors (Lipinski definition) is 1. The van der Waals surface area contributed by atoms with Crippen LogP contribution in [0, 0.1) is 12.3 Å². The van der Waals surface area contributed by atoms with Crippen LogP contribution >= 0.6 is 0 Å². The van der Waals surface area contributed by atoms with Crippen molar-refractivity contribution in [2.45, 2.75) is 52.6 Å². The number of amides is 1. The lowest BCUT2D eigenvalue weighted by Gasteiger charge is -2.39. The number of piperidine rings is 1. The second-order valence-electron chi connectivity index (χ2n) is 7.72. The number of likely N-dealkylation sites (tertiary alicyclic amines) is 1. The van der Waals surface area contributed by atoms with Gasteiger partial charge in [-0.15, -0.1) is 0 Å². The molecule has 5 nitrogen and oxygen atoms in total. The molecule has 0 radical (unpaired) electrons. The summed E-state index contributed by atoms with van der Waals surface area (Å²) in [5, 5.41) is 9.80. The summed E-state index contributed by atoms with van der Waals surface area (Å²) >= 11 is 0. The van der Waals surface area contributed by atoms with Gasteiger partial charge in [-0.3, -0.25) is 4.79 Å². The number of carboxylic acid groups (broad SMARTS) is 1. The lowest BCUT2D eigenvalue weighted by molar-refractivity contribution is -0.152. The Morgan fingerprint density at radius 3 is 2.38 bits per heavy atom. The Labute approximate surface area is 143 Å². The number of aryl methyl sites for hydroxylation is 1. The van der Waals surface area contributed by atoms with Gasteiger partial charge in [0.25, 0.3) is 0 Å². The molecule has 1 aliphatic rings. The number of ether oxygens (including phenoxy) is 1. The molecule has 0 aromatic heterocycles. The molecule has 2 rings (SSSR count). The molecule has 1 heterocycles. The quantitative estimate of drug-likeness (QED) is 0.917. The van der Waals surface area contributed by atoms with Crippen LogP contribution in [-0.2, 0) is 16.0 Å². The molecule has 1 amide bonds. The van der Waals surface area contributed by atoms with E-state index in [2.05, 4.69) is 0 Å². The number of hydrogen-bond acceptors (Lipinski definition) is 3. The van der Waals surface area contributed by atoms with Gasteiger partial charge in [-0.2, -0.15) is 0 Å². The van der Waals surface area contributed by atoms with Crippen molar-refractivity contribution in [1.82, 2.24) is 4.90 Å². The lowest BCUT2D eigenvalue weighted by atomic mass is 9.74. The van der Waals surface area contributed by atoms with Crippen molar-refractivity contribution in [2.75, 3.05) is 13.1 Å². The third-order valence-corrected chi connectivity index (χ3v) is 4.45. The Hall–Kier alpha value is -2.04. The third-order valence-electron chi connectivity index (χ3n) is 4.45. The normalized spacial score (nSPS) is 17.4. The summed E-state index contributed by atoms with van der Waals surface area (Å²) in [4.78, 5) is 25.7. The van der Waals surface area contributed by atoms with Crippen LogP contribution in [0.5, 0.6) is 0 Å². The molecule has 0 saturated carbocycles. The molecule has 0 aliphatic carbocycles. The van der Waals surface area contributed by atoms with Gasteiger partial charge >= 0.3 is 12.1 Å². The zero-order valence-corrected chi connectivity index (χ0v) is 15.0. The second-order valence-corrected chi connectivity index (χ2v) is 7.72. The van der Waals surface area contributed by atoms with Crippen molar-refractivity contribution >= 4 is 12.1 Å². The summed E-state index contributed by atoms with van der Waals surface area (Å²) in [5.74, 6) is -0.784. The zero-order chi connectivity index (χ0) is 18.0. The number of nitrogens with zero attached hydrogens (tertiary/aromatic N) is 1. The summed E-state index contributed by atoms with van der Waals surface area (Å²) in [6, 6.07) is 7.96. The first-order chi connectivity index (χ1) is 11.1. The molecule has 24 heavy (non-hydrogen) atoms. The van der Waals surface area contributed by atoms with Crippen LogP contribution in [0.2, 0.25) is 0 Å². The molecule has 132 valence electrons. The van der Waals surface area contributed by atoms with Crippen LogP contribution in [0.3, 0.4) is 0 Å². The average molecular weight is 333 g/mol. The van der Waals surface area contributed by atoms with E-state index in [1.54, 1.807) is 4.90 Å². The molecule has 1 aromatic rings. The zero-order valence-electron chi connectivity index (χ0n) is 15.0. The Morgan fingerprint density at radius 2 is 1.88 bits per heavy atom. The fraction of sp³-hybridized carbons (Fsp3) is 0.579. The Balaban J connectivity index is 2.06. The van der Waals surface area contributed by atoms with Gasteiger partial charge in [0, 0.05) is 13.1 Å². The van der Waals surface area contributed by atoms with E-state index in [1.165, 1.54) is 0 Å². The van der Waals surface area contributed by atoms with Crippen molar-refractivity contribution < 1.29 is 19.4 Å². The molecule has 5 heteroatoms. The van der Waals surface area contributed by atoms with Crippen LogP contribution < -0.4 is 0 Å². The number of carbonyl (C=O) groups excluding carboxylic acids is 1. The molecule has 1 aromatic carbocycles. The highest BCUT2D eigenvalue weighted by molar-refractivity contribution is 5.76. The predicted molar refractivity (Wildman–Crippen MR) is 92.0 cm³/mol. The number of carboxylic acids is 1. The van der Waals surface area contributed by atoms with Gasteiger partial charge in [0.2, 0.25) is 0 Å². The first-order valence-corrected chi connectivity index (χ1v) is 8.38. The Morgan fingerprint density at radius 1 is 1.25 bits per heavy atom. The first kappa shape index (κ1) is 18.3. The highest BCUT2D eigenvalue weighted by Crippen LogP contribution is 2.36. The summed E-state index contributed by atoms with van der Waals surface area (Å²) in [5.41, 5.74) is 0.800. The second kappa shape index (κ2) is 6.83. The highest BCUT2D eigenvalue weighted by Gasteiger charge is 2.43. The highest BCUT2D eigenvalue weighted by atomic mass is 16.6. The van der Waals surface area contributed by atoms with Crippen LogP contribution in [0.25, 0.3) is 0 Å². The molecule has 1 N–H and O–H groups in total. The number of rotatable bonds is 3. The molecule has 1 saturated heterocycles. The van der Waals surface area contributed by atoms with Gasteiger partial charge in [0.05, 0.1) is 5.41 Å². The van der Waals surface area contributed by atoms with Crippen LogP contribution in [0.15, 0.2) is 24.3 Å². The minimum Gasteiger partial charge on any atom is -0.481 e. The maximum atomic E-state index is 12.2. The van der Waals surface area contributed by atoms with Crippen molar-refractivity contribution in [2.24, 2.45) is 5.41 Å². The fourth-order valence-electron chi connectivity index (χ4n) is 3.12. The van der Waals surface area contributed by atoms with E-state index < -0.39 is 17.0 Å². The van der Waals surface area contributed by atoms with E-state index in [1.807, 2.05) is 52.0 Å². The fourth-order valence-corrected chi connectivity index (χ4v) is 3.12. The third kappa shape index (κ3) is 4.49. The number of benzene rings is 1. The van der Waals surface area contributed by atoms with E-state index in [-0.39, 0.29) is 6.09 Å². The molecule has 0 bridgehead atoms. The molecular formula is C19H27NO4. The van der Waals surface area contributed by atoms with Gasteiger partial charge in [-0.1, -0.05) is 29.8 Å². The van der Waals surface area contributed by atoms with Gasteiger partial charge in [-0.25, -0.2) is 4.79 Å². The molecule has 1 fully saturated rings. The van der Waals surface area contributed by atoms with Crippen LogP contribution in [0.1, 0.15) is 44.7 Å². The monoisotopic (exact) mass is 333 g/mol.